The van der Waals surface area contributed by atoms with Crippen LogP contribution < -0.4 is 10.1 Å². The molecule has 2 aromatic rings. The molecule has 4 heteroatoms. The topological polar surface area (TPSA) is 49.9 Å². The fourth-order valence-electron chi connectivity index (χ4n) is 2.19. The third-order valence-electron chi connectivity index (χ3n) is 3.10. The van der Waals surface area contributed by atoms with Crippen LogP contribution >= 0.6 is 0 Å². The van der Waals surface area contributed by atoms with Gasteiger partial charge in [-0.15, -0.1) is 0 Å². The van der Waals surface area contributed by atoms with E-state index in [2.05, 4.69) is 21.6 Å². The summed E-state index contributed by atoms with van der Waals surface area (Å²) >= 11 is 0. The van der Waals surface area contributed by atoms with Crippen LogP contribution in [0.4, 0.5) is 0 Å². The number of H-pyrrole nitrogens is 1. The van der Waals surface area contributed by atoms with Gasteiger partial charge in [-0.3, -0.25) is 5.10 Å². The maximum Gasteiger partial charge on any atom is 0.119 e. The third-order valence-corrected chi connectivity index (χ3v) is 3.10. The lowest BCUT2D eigenvalue weighted by atomic mass is 10.0. The number of benzene rings is 1. The Morgan fingerprint density at radius 3 is 3.06 bits per heavy atom. The molecular weight excluding hydrogens is 214 g/mol. The fraction of sp³-hybridized carbons (Fsp3) is 0.308. The van der Waals surface area contributed by atoms with Gasteiger partial charge in [0, 0.05) is 11.9 Å². The van der Waals surface area contributed by atoms with Crippen LogP contribution in [-0.2, 0) is 0 Å². The molecule has 2 heterocycles. The van der Waals surface area contributed by atoms with Crippen LogP contribution in [0.25, 0.3) is 16.5 Å². The van der Waals surface area contributed by atoms with E-state index in [9.17, 15) is 0 Å². The average Bonchev–Trinajstić information content (AvgIpc) is 2.82. The van der Waals surface area contributed by atoms with E-state index in [0.29, 0.717) is 0 Å². The molecule has 0 spiro atoms. The SMILES string of the molecule is COc1ccc2[nH]nc(C3=CCCNC3)c2c1. The summed E-state index contributed by atoms with van der Waals surface area (Å²) in [7, 11) is 1.68. The number of nitrogens with zero attached hydrogens (tertiary/aromatic N) is 1. The first-order chi connectivity index (χ1) is 8.38. The normalized spacial score (nSPS) is 15.9. The summed E-state index contributed by atoms with van der Waals surface area (Å²) in [4.78, 5) is 0. The fourth-order valence-corrected chi connectivity index (χ4v) is 2.19. The lowest BCUT2D eigenvalue weighted by molar-refractivity contribution is 0.415. The molecule has 0 saturated carbocycles. The number of methoxy groups -OCH3 is 1. The summed E-state index contributed by atoms with van der Waals surface area (Å²) in [5.41, 5.74) is 3.34. The van der Waals surface area contributed by atoms with E-state index in [-0.39, 0.29) is 0 Å². The highest BCUT2D eigenvalue weighted by Crippen LogP contribution is 2.27. The Kier molecular flexibility index (Phi) is 2.57. The zero-order chi connectivity index (χ0) is 11.7. The largest absolute Gasteiger partial charge is 0.497 e. The molecule has 1 aromatic heterocycles. The summed E-state index contributed by atoms with van der Waals surface area (Å²) in [6, 6.07) is 5.98. The molecule has 0 unspecified atom stereocenters. The molecule has 4 nitrogen and oxygen atoms in total. The van der Waals surface area contributed by atoms with Crippen LogP contribution in [0.3, 0.4) is 0 Å². The Bertz CT molecular complexity index is 571. The molecule has 0 fully saturated rings. The molecule has 0 amide bonds. The minimum Gasteiger partial charge on any atom is -0.497 e. The summed E-state index contributed by atoms with van der Waals surface area (Å²) < 4.78 is 5.26. The Morgan fingerprint density at radius 2 is 2.29 bits per heavy atom. The van der Waals surface area contributed by atoms with Gasteiger partial charge < -0.3 is 10.1 Å². The van der Waals surface area contributed by atoms with Crippen molar-refractivity contribution in [3.8, 4) is 5.75 Å². The Hall–Kier alpha value is -1.81. The summed E-state index contributed by atoms with van der Waals surface area (Å²) in [5.74, 6) is 0.865. The van der Waals surface area contributed by atoms with Crippen LogP contribution in [-0.4, -0.2) is 30.4 Å². The number of hydrogen-bond donors (Lipinski definition) is 2. The molecule has 3 rings (SSSR count). The van der Waals surface area contributed by atoms with Gasteiger partial charge in [0.1, 0.15) is 5.75 Å². The van der Waals surface area contributed by atoms with Gasteiger partial charge in [-0.1, -0.05) is 6.08 Å². The summed E-state index contributed by atoms with van der Waals surface area (Å²) in [6.07, 6.45) is 3.32. The van der Waals surface area contributed by atoms with Gasteiger partial charge in [0.05, 0.1) is 18.3 Å². The average molecular weight is 229 g/mol. The second-order valence-electron chi connectivity index (χ2n) is 4.18. The molecule has 0 aliphatic carbocycles. The number of nitrogens with one attached hydrogen (secondary N) is 2. The van der Waals surface area contributed by atoms with E-state index in [1.807, 2.05) is 18.2 Å². The molecule has 0 bridgehead atoms. The molecule has 0 radical (unpaired) electrons. The molecule has 1 aromatic carbocycles. The molecule has 0 atom stereocenters. The van der Waals surface area contributed by atoms with Crippen molar-refractivity contribution in [2.45, 2.75) is 6.42 Å². The van der Waals surface area contributed by atoms with E-state index in [0.717, 1.165) is 41.9 Å². The summed E-state index contributed by atoms with van der Waals surface area (Å²) in [6.45, 7) is 1.94. The van der Waals surface area contributed by atoms with Crippen LogP contribution in [0, 0.1) is 0 Å². The van der Waals surface area contributed by atoms with Gasteiger partial charge in [0.25, 0.3) is 0 Å². The molecule has 1 aliphatic heterocycles. The molecule has 1 aliphatic rings. The second kappa shape index (κ2) is 4.22. The van der Waals surface area contributed by atoms with Crippen LogP contribution in [0.5, 0.6) is 5.75 Å². The maximum absolute atomic E-state index is 5.26. The zero-order valence-corrected chi connectivity index (χ0v) is 9.79. The Labute approximate surface area is 99.7 Å². The number of hydrogen-bond acceptors (Lipinski definition) is 3. The van der Waals surface area contributed by atoms with Crippen molar-refractivity contribution in [1.82, 2.24) is 15.5 Å². The summed E-state index contributed by atoms with van der Waals surface area (Å²) in [5, 5.41) is 12.0. The molecule has 88 valence electrons. The van der Waals surface area contributed by atoms with Crippen molar-refractivity contribution in [1.29, 1.82) is 0 Å². The number of ether oxygens (including phenoxy) is 1. The van der Waals surface area contributed by atoms with E-state index < -0.39 is 0 Å². The van der Waals surface area contributed by atoms with Gasteiger partial charge in [-0.25, -0.2) is 0 Å². The van der Waals surface area contributed by atoms with Crippen molar-refractivity contribution < 1.29 is 4.74 Å². The highest BCUT2D eigenvalue weighted by Gasteiger charge is 2.13. The maximum atomic E-state index is 5.26. The van der Waals surface area contributed by atoms with Crippen molar-refractivity contribution in [2.75, 3.05) is 20.2 Å². The quantitative estimate of drug-likeness (QED) is 0.827. The zero-order valence-electron chi connectivity index (χ0n) is 9.79. The lowest BCUT2D eigenvalue weighted by Crippen LogP contribution is -2.21. The van der Waals surface area contributed by atoms with Crippen molar-refractivity contribution in [3.63, 3.8) is 0 Å². The van der Waals surface area contributed by atoms with Crippen molar-refractivity contribution in [3.05, 3.63) is 30.0 Å². The van der Waals surface area contributed by atoms with Crippen LogP contribution in [0.1, 0.15) is 12.1 Å². The number of aromatic nitrogens is 2. The van der Waals surface area contributed by atoms with E-state index in [4.69, 9.17) is 4.74 Å². The molecular formula is C13H15N3O. The van der Waals surface area contributed by atoms with Gasteiger partial charge in [-0.05, 0) is 36.7 Å². The van der Waals surface area contributed by atoms with Gasteiger partial charge in [-0.2, -0.15) is 5.10 Å². The standard InChI is InChI=1S/C13H15N3O/c1-17-10-4-5-12-11(7-10)13(16-15-12)9-3-2-6-14-8-9/h3-5,7,14H,2,6,8H2,1H3,(H,15,16). The monoisotopic (exact) mass is 229 g/mol. The first-order valence-electron chi connectivity index (χ1n) is 5.81. The Morgan fingerprint density at radius 1 is 1.35 bits per heavy atom. The molecule has 0 saturated heterocycles. The van der Waals surface area contributed by atoms with E-state index in [1.165, 1.54) is 5.57 Å². The van der Waals surface area contributed by atoms with Gasteiger partial charge in [0.15, 0.2) is 0 Å². The van der Waals surface area contributed by atoms with Crippen molar-refractivity contribution >= 4 is 16.5 Å². The van der Waals surface area contributed by atoms with Gasteiger partial charge >= 0.3 is 0 Å². The number of aromatic amines is 1. The third kappa shape index (κ3) is 1.80. The van der Waals surface area contributed by atoms with E-state index in [1.54, 1.807) is 7.11 Å². The predicted octanol–water partition coefficient (Wildman–Crippen LogP) is 1.95. The molecule has 2 N–H and O–H groups in total. The second-order valence-corrected chi connectivity index (χ2v) is 4.18. The van der Waals surface area contributed by atoms with E-state index >= 15 is 0 Å². The first kappa shape index (κ1) is 10.4. The predicted molar refractivity (Wildman–Crippen MR) is 68.1 cm³/mol. The van der Waals surface area contributed by atoms with Crippen molar-refractivity contribution in [2.24, 2.45) is 0 Å². The Balaban J connectivity index is 2.12. The lowest BCUT2D eigenvalue weighted by Gasteiger charge is -2.12. The smallest absolute Gasteiger partial charge is 0.119 e. The first-order valence-corrected chi connectivity index (χ1v) is 5.81. The molecule has 17 heavy (non-hydrogen) atoms. The number of fused-ring (bicyclic) bond motifs is 1. The van der Waals surface area contributed by atoms with Crippen LogP contribution in [0.15, 0.2) is 24.3 Å². The van der Waals surface area contributed by atoms with Crippen LogP contribution in [0.2, 0.25) is 0 Å². The minimum absolute atomic E-state index is 0.865. The van der Waals surface area contributed by atoms with Gasteiger partial charge in [0.2, 0.25) is 0 Å². The minimum atomic E-state index is 0.865. The highest BCUT2D eigenvalue weighted by molar-refractivity contribution is 5.91. The number of rotatable bonds is 2. The highest BCUT2D eigenvalue weighted by atomic mass is 16.5.